The molecule has 6 heteroatoms. The second-order valence-corrected chi connectivity index (χ2v) is 7.36. The molecule has 2 aromatic carbocycles. The Balaban J connectivity index is 1.72. The standard InChI is InChI=1S/C20H21ClO5/c1-12-8-14(5-7-17(12)25-11-18(22)23)24-10-13-4-6-16(21)15-9-20(2,3)26-19(13)15/h4-8H,9-11H2,1-3H3,(H,22,23). The van der Waals surface area contributed by atoms with Crippen molar-refractivity contribution >= 4 is 17.6 Å². The maximum Gasteiger partial charge on any atom is 0.341 e. The number of hydrogen-bond donors (Lipinski definition) is 1. The van der Waals surface area contributed by atoms with E-state index in [4.69, 9.17) is 30.9 Å². The van der Waals surface area contributed by atoms with Crippen LogP contribution >= 0.6 is 11.6 Å². The fraction of sp³-hybridized carbons (Fsp3) is 0.350. The quantitative estimate of drug-likeness (QED) is 0.809. The Kier molecular flexibility index (Phi) is 5.01. The number of ether oxygens (including phenoxy) is 3. The number of rotatable bonds is 6. The first-order chi connectivity index (χ1) is 12.2. The Morgan fingerprint density at radius 1 is 1.27 bits per heavy atom. The molecule has 0 atom stereocenters. The molecule has 2 aromatic rings. The third kappa shape index (κ3) is 4.05. The number of fused-ring (bicyclic) bond motifs is 1. The van der Waals surface area contributed by atoms with Gasteiger partial charge in [-0.3, -0.25) is 0 Å². The molecule has 0 saturated heterocycles. The third-order valence-electron chi connectivity index (χ3n) is 4.16. The molecule has 1 heterocycles. The molecule has 0 fully saturated rings. The molecule has 0 radical (unpaired) electrons. The summed E-state index contributed by atoms with van der Waals surface area (Å²) in [5.41, 5.74) is 2.49. The summed E-state index contributed by atoms with van der Waals surface area (Å²) in [6, 6.07) is 9.07. The van der Waals surface area contributed by atoms with Gasteiger partial charge < -0.3 is 19.3 Å². The molecule has 138 valence electrons. The van der Waals surface area contributed by atoms with E-state index in [1.54, 1.807) is 12.1 Å². The molecule has 0 aliphatic carbocycles. The van der Waals surface area contributed by atoms with Crippen molar-refractivity contribution in [1.82, 2.24) is 0 Å². The number of carboxylic acids is 1. The maximum atomic E-state index is 10.6. The second-order valence-electron chi connectivity index (χ2n) is 6.95. The summed E-state index contributed by atoms with van der Waals surface area (Å²) in [7, 11) is 0. The van der Waals surface area contributed by atoms with Crippen LogP contribution in [0.4, 0.5) is 0 Å². The lowest BCUT2D eigenvalue weighted by molar-refractivity contribution is -0.139. The number of aryl methyl sites for hydroxylation is 1. The third-order valence-corrected chi connectivity index (χ3v) is 4.51. The zero-order valence-electron chi connectivity index (χ0n) is 15.0. The van der Waals surface area contributed by atoms with Crippen molar-refractivity contribution in [2.45, 2.75) is 39.4 Å². The first-order valence-electron chi connectivity index (χ1n) is 8.32. The highest BCUT2D eigenvalue weighted by Gasteiger charge is 2.33. The molecule has 5 nitrogen and oxygen atoms in total. The van der Waals surface area contributed by atoms with Crippen LogP contribution in [0.1, 0.15) is 30.5 Å². The van der Waals surface area contributed by atoms with E-state index >= 15 is 0 Å². The highest BCUT2D eigenvalue weighted by atomic mass is 35.5. The minimum absolute atomic E-state index is 0.276. The Bertz CT molecular complexity index is 844. The van der Waals surface area contributed by atoms with Gasteiger partial charge in [-0.1, -0.05) is 17.7 Å². The Morgan fingerprint density at radius 3 is 2.73 bits per heavy atom. The SMILES string of the molecule is Cc1cc(OCc2ccc(Cl)c3c2OC(C)(C)C3)ccc1OCC(=O)O. The molecule has 0 aromatic heterocycles. The average Bonchev–Trinajstić information content (AvgIpc) is 2.89. The molecule has 0 amide bonds. The normalized spacial score (nSPS) is 14.5. The second kappa shape index (κ2) is 7.08. The fourth-order valence-corrected chi connectivity index (χ4v) is 3.19. The van der Waals surface area contributed by atoms with Gasteiger partial charge in [-0.15, -0.1) is 0 Å². The minimum atomic E-state index is -1.01. The predicted octanol–water partition coefficient (Wildman–Crippen LogP) is 4.40. The highest BCUT2D eigenvalue weighted by Crippen LogP contribution is 2.42. The van der Waals surface area contributed by atoms with Gasteiger partial charge in [0, 0.05) is 22.6 Å². The molecular weight excluding hydrogens is 356 g/mol. The van der Waals surface area contributed by atoms with Gasteiger partial charge in [0.2, 0.25) is 0 Å². The summed E-state index contributed by atoms with van der Waals surface area (Å²) >= 11 is 6.30. The van der Waals surface area contributed by atoms with Crippen LogP contribution in [0.15, 0.2) is 30.3 Å². The van der Waals surface area contributed by atoms with E-state index in [0.717, 1.165) is 28.9 Å². The summed E-state index contributed by atoms with van der Waals surface area (Å²) in [5.74, 6) is 0.994. The van der Waals surface area contributed by atoms with Gasteiger partial charge in [0.05, 0.1) is 0 Å². The van der Waals surface area contributed by atoms with Crippen molar-refractivity contribution in [2.75, 3.05) is 6.61 Å². The van der Waals surface area contributed by atoms with Crippen LogP contribution in [0.2, 0.25) is 5.02 Å². The van der Waals surface area contributed by atoms with Gasteiger partial charge in [0.25, 0.3) is 0 Å². The molecule has 0 bridgehead atoms. The van der Waals surface area contributed by atoms with Gasteiger partial charge in [0.15, 0.2) is 6.61 Å². The van der Waals surface area contributed by atoms with Crippen LogP contribution in [0.5, 0.6) is 17.2 Å². The van der Waals surface area contributed by atoms with Crippen LogP contribution in [-0.4, -0.2) is 23.3 Å². The Morgan fingerprint density at radius 2 is 2.04 bits per heavy atom. The molecule has 26 heavy (non-hydrogen) atoms. The van der Waals surface area contributed by atoms with Crippen molar-refractivity contribution in [3.05, 3.63) is 52.0 Å². The van der Waals surface area contributed by atoms with E-state index in [9.17, 15) is 4.79 Å². The molecule has 1 aliphatic heterocycles. The van der Waals surface area contributed by atoms with E-state index in [0.29, 0.717) is 23.1 Å². The first-order valence-corrected chi connectivity index (χ1v) is 8.70. The molecule has 0 unspecified atom stereocenters. The molecule has 0 saturated carbocycles. The van der Waals surface area contributed by atoms with Crippen molar-refractivity contribution < 1.29 is 24.1 Å². The van der Waals surface area contributed by atoms with Crippen LogP contribution < -0.4 is 14.2 Å². The zero-order valence-corrected chi connectivity index (χ0v) is 15.7. The van der Waals surface area contributed by atoms with Crippen LogP contribution in [0.3, 0.4) is 0 Å². The largest absolute Gasteiger partial charge is 0.489 e. The van der Waals surface area contributed by atoms with Crippen molar-refractivity contribution in [1.29, 1.82) is 0 Å². The van der Waals surface area contributed by atoms with E-state index in [1.165, 1.54) is 0 Å². The van der Waals surface area contributed by atoms with Crippen molar-refractivity contribution in [3.63, 3.8) is 0 Å². The minimum Gasteiger partial charge on any atom is -0.489 e. The van der Waals surface area contributed by atoms with Crippen LogP contribution in [0.25, 0.3) is 0 Å². The van der Waals surface area contributed by atoms with Gasteiger partial charge in [-0.05, 0) is 50.6 Å². The van der Waals surface area contributed by atoms with Gasteiger partial charge in [-0.25, -0.2) is 4.79 Å². The van der Waals surface area contributed by atoms with Gasteiger partial charge in [0.1, 0.15) is 29.5 Å². The Labute approximate surface area is 157 Å². The summed E-state index contributed by atoms with van der Waals surface area (Å²) in [6.07, 6.45) is 0.768. The van der Waals surface area contributed by atoms with Gasteiger partial charge >= 0.3 is 5.97 Å². The monoisotopic (exact) mass is 376 g/mol. The number of halogens is 1. The number of hydrogen-bond acceptors (Lipinski definition) is 4. The maximum absolute atomic E-state index is 10.6. The van der Waals surface area contributed by atoms with E-state index in [-0.39, 0.29) is 12.2 Å². The molecule has 1 N–H and O–H groups in total. The van der Waals surface area contributed by atoms with E-state index in [2.05, 4.69) is 0 Å². The average molecular weight is 377 g/mol. The zero-order chi connectivity index (χ0) is 18.9. The number of carboxylic acid groups (broad SMARTS) is 1. The van der Waals surface area contributed by atoms with Crippen LogP contribution in [-0.2, 0) is 17.8 Å². The molecular formula is C20H21ClO5. The lowest BCUT2D eigenvalue weighted by atomic mass is 10.0. The van der Waals surface area contributed by atoms with Crippen LogP contribution in [0, 0.1) is 6.92 Å². The molecule has 3 rings (SSSR count). The summed E-state index contributed by atoms with van der Waals surface area (Å²) in [5, 5.41) is 9.41. The summed E-state index contributed by atoms with van der Waals surface area (Å²) in [6.45, 7) is 5.89. The first kappa shape index (κ1) is 18.4. The lowest BCUT2D eigenvalue weighted by Gasteiger charge is -2.18. The van der Waals surface area contributed by atoms with Gasteiger partial charge in [-0.2, -0.15) is 0 Å². The number of benzene rings is 2. The topological polar surface area (TPSA) is 65.0 Å². The summed E-state index contributed by atoms with van der Waals surface area (Å²) in [4.78, 5) is 10.6. The fourth-order valence-electron chi connectivity index (χ4n) is 2.97. The lowest BCUT2D eigenvalue weighted by Crippen LogP contribution is -2.25. The highest BCUT2D eigenvalue weighted by molar-refractivity contribution is 6.31. The Hall–Kier alpha value is -2.40. The molecule has 1 aliphatic rings. The molecule has 0 spiro atoms. The van der Waals surface area contributed by atoms with E-state index < -0.39 is 5.97 Å². The van der Waals surface area contributed by atoms with E-state index in [1.807, 2.05) is 39.0 Å². The van der Waals surface area contributed by atoms with Crippen molar-refractivity contribution in [2.24, 2.45) is 0 Å². The number of aliphatic carboxylic acids is 1. The summed E-state index contributed by atoms with van der Waals surface area (Å²) < 4.78 is 17.2. The van der Waals surface area contributed by atoms with Crippen molar-refractivity contribution in [3.8, 4) is 17.2 Å². The smallest absolute Gasteiger partial charge is 0.341 e. The number of carbonyl (C=O) groups is 1. The predicted molar refractivity (Wildman–Crippen MR) is 98.5 cm³/mol.